The highest BCUT2D eigenvalue weighted by molar-refractivity contribution is 6.02. The maximum atomic E-state index is 10.3. The van der Waals surface area contributed by atoms with E-state index >= 15 is 0 Å². The summed E-state index contributed by atoms with van der Waals surface area (Å²) in [4.78, 5) is 4.30. The van der Waals surface area contributed by atoms with Crippen LogP contribution in [0.2, 0.25) is 0 Å². The Morgan fingerprint density at radius 3 is 2.60 bits per heavy atom. The van der Waals surface area contributed by atoms with Crippen LogP contribution in [0.5, 0.6) is 0 Å². The Labute approximate surface area is 122 Å². The Balaban J connectivity index is 2.56. The normalized spacial score (nSPS) is 14.6. The summed E-state index contributed by atoms with van der Waals surface area (Å²) in [5.41, 5.74) is 1.16. The van der Waals surface area contributed by atoms with Gasteiger partial charge < -0.3 is 15.1 Å². The molecule has 0 fully saturated rings. The van der Waals surface area contributed by atoms with E-state index in [4.69, 9.17) is 4.65 Å². The topological polar surface area (TPSA) is 53.9 Å². The van der Waals surface area contributed by atoms with Gasteiger partial charge in [0.05, 0.1) is 12.1 Å². The third-order valence-electron chi connectivity index (χ3n) is 3.00. The van der Waals surface area contributed by atoms with E-state index in [-0.39, 0.29) is 6.04 Å². The SMILES string of the molecule is BOC=N[C@@H](Cc1ccccc1)[C@H](O)CNCC(C)C. The fourth-order valence-corrected chi connectivity index (χ4v) is 1.94. The van der Waals surface area contributed by atoms with Crippen molar-refractivity contribution in [2.24, 2.45) is 10.9 Å². The molecule has 0 spiro atoms. The largest absolute Gasteiger partial charge is 0.560 e. The molecule has 110 valence electrons. The van der Waals surface area contributed by atoms with E-state index in [2.05, 4.69) is 24.2 Å². The Hall–Kier alpha value is -1.33. The second-order valence-electron chi connectivity index (χ2n) is 5.37. The van der Waals surface area contributed by atoms with Crippen LogP contribution in [0.15, 0.2) is 35.3 Å². The molecule has 0 aromatic heterocycles. The molecule has 0 saturated carbocycles. The first-order chi connectivity index (χ1) is 9.63. The molecule has 0 unspecified atom stereocenters. The quantitative estimate of drug-likeness (QED) is 0.398. The molecule has 0 aliphatic rings. The number of nitrogens with one attached hydrogen (secondary N) is 1. The van der Waals surface area contributed by atoms with Crippen LogP contribution in [-0.4, -0.2) is 44.8 Å². The lowest BCUT2D eigenvalue weighted by Crippen LogP contribution is -2.38. The van der Waals surface area contributed by atoms with Gasteiger partial charge in [-0.1, -0.05) is 44.2 Å². The number of hydrogen-bond donors (Lipinski definition) is 2. The molecule has 1 aromatic carbocycles. The number of aliphatic imine (C=N–C) groups is 1. The first-order valence-electron chi connectivity index (χ1n) is 7.10. The van der Waals surface area contributed by atoms with Gasteiger partial charge in [-0.2, -0.15) is 0 Å². The summed E-state index contributed by atoms with van der Waals surface area (Å²) in [6.45, 7) is 5.72. The van der Waals surface area contributed by atoms with Crippen molar-refractivity contribution in [3.8, 4) is 0 Å². The van der Waals surface area contributed by atoms with E-state index < -0.39 is 6.10 Å². The van der Waals surface area contributed by atoms with Crippen molar-refractivity contribution in [2.75, 3.05) is 13.1 Å². The fourth-order valence-electron chi connectivity index (χ4n) is 1.94. The van der Waals surface area contributed by atoms with Crippen molar-refractivity contribution >= 4 is 14.4 Å². The molecule has 2 atom stereocenters. The van der Waals surface area contributed by atoms with Crippen LogP contribution < -0.4 is 5.32 Å². The lowest BCUT2D eigenvalue weighted by Gasteiger charge is -2.20. The van der Waals surface area contributed by atoms with Crippen LogP contribution in [0, 0.1) is 5.92 Å². The Kier molecular flexibility index (Phi) is 8.00. The molecule has 4 nitrogen and oxygen atoms in total. The van der Waals surface area contributed by atoms with Gasteiger partial charge in [0.25, 0.3) is 0 Å². The number of rotatable bonds is 9. The Bertz CT molecular complexity index is 385. The van der Waals surface area contributed by atoms with Gasteiger partial charge in [0, 0.05) is 6.54 Å². The van der Waals surface area contributed by atoms with Crippen LogP contribution in [0.25, 0.3) is 0 Å². The number of hydrogen-bond acceptors (Lipinski definition) is 4. The van der Waals surface area contributed by atoms with Crippen LogP contribution in [-0.2, 0) is 11.1 Å². The zero-order chi connectivity index (χ0) is 14.8. The second kappa shape index (κ2) is 9.56. The van der Waals surface area contributed by atoms with Gasteiger partial charge in [-0.3, -0.25) is 4.99 Å². The third kappa shape index (κ3) is 6.73. The van der Waals surface area contributed by atoms with Gasteiger partial charge >= 0.3 is 8.05 Å². The number of aliphatic hydroxyl groups excluding tert-OH is 1. The first-order valence-corrected chi connectivity index (χ1v) is 7.10. The van der Waals surface area contributed by atoms with E-state index in [0.717, 1.165) is 12.1 Å². The first kappa shape index (κ1) is 16.7. The second-order valence-corrected chi connectivity index (χ2v) is 5.37. The summed E-state index contributed by atoms with van der Waals surface area (Å²) < 4.78 is 4.88. The lowest BCUT2D eigenvalue weighted by atomic mass is 10.0. The maximum Gasteiger partial charge on any atom is 0.323 e. The van der Waals surface area contributed by atoms with E-state index in [1.54, 1.807) is 8.05 Å². The molecule has 0 radical (unpaired) electrons. The molecule has 0 amide bonds. The molecule has 0 bridgehead atoms. The zero-order valence-corrected chi connectivity index (χ0v) is 12.6. The van der Waals surface area contributed by atoms with Crippen molar-refractivity contribution in [1.29, 1.82) is 0 Å². The van der Waals surface area contributed by atoms with Crippen LogP contribution in [0.3, 0.4) is 0 Å². The lowest BCUT2D eigenvalue weighted by molar-refractivity contribution is 0.141. The zero-order valence-electron chi connectivity index (χ0n) is 12.6. The molecule has 0 saturated heterocycles. The van der Waals surface area contributed by atoms with Crippen molar-refractivity contribution in [1.82, 2.24) is 5.32 Å². The molecule has 0 heterocycles. The van der Waals surface area contributed by atoms with Gasteiger partial charge in [0.2, 0.25) is 0 Å². The number of nitrogens with zero attached hydrogens (tertiary/aromatic N) is 1. The average Bonchev–Trinajstić information content (AvgIpc) is 2.44. The predicted molar refractivity (Wildman–Crippen MR) is 85.8 cm³/mol. The highest BCUT2D eigenvalue weighted by Gasteiger charge is 2.18. The minimum atomic E-state index is -0.527. The van der Waals surface area contributed by atoms with Crippen LogP contribution in [0.1, 0.15) is 19.4 Å². The van der Waals surface area contributed by atoms with Crippen LogP contribution >= 0.6 is 0 Å². The highest BCUT2D eigenvalue weighted by atomic mass is 16.4. The van der Waals surface area contributed by atoms with E-state index in [1.807, 2.05) is 30.3 Å². The minimum Gasteiger partial charge on any atom is -0.560 e. The molecular weight excluding hydrogens is 251 g/mol. The minimum absolute atomic E-state index is 0.197. The molecule has 1 rings (SSSR count). The summed E-state index contributed by atoms with van der Waals surface area (Å²) in [6, 6.07) is 9.87. The standard InChI is InChI=1S/C15H25BN2O2/c1-12(2)9-17-10-15(19)14(18-11-20-16)8-13-6-4-3-5-7-13/h3-7,11-12,14-15,17,19H,8-10,16H2,1-2H3/t14-,15+/m0/s1. The van der Waals surface area contributed by atoms with Gasteiger partial charge in [-0.25, -0.2) is 0 Å². The van der Waals surface area contributed by atoms with Crippen molar-refractivity contribution in [3.63, 3.8) is 0 Å². The summed E-state index contributed by atoms with van der Waals surface area (Å²) in [7, 11) is 1.56. The van der Waals surface area contributed by atoms with Crippen molar-refractivity contribution < 1.29 is 9.76 Å². The maximum absolute atomic E-state index is 10.3. The fraction of sp³-hybridized carbons (Fsp3) is 0.533. The van der Waals surface area contributed by atoms with E-state index in [1.165, 1.54) is 6.40 Å². The molecule has 0 aliphatic heterocycles. The van der Waals surface area contributed by atoms with Gasteiger partial charge in [-0.15, -0.1) is 0 Å². The van der Waals surface area contributed by atoms with Gasteiger partial charge in [0.15, 0.2) is 6.40 Å². The summed E-state index contributed by atoms with van der Waals surface area (Å²) in [5, 5.41) is 13.5. The molecule has 5 heteroatoms. The number of aliphatic hydroxyl groups is 1. The van der Waals surface area contributed by atoms with E-state index in [0.29, 0.717) is 18.9 Å². The molecule has 1 aromatic rings. The Morgan fingerprint density at radius 2 is 2.00 bits per heavy atom. The van der Waals surface area contributed by atoms with E-state index in [9.17, 15) is 5.11 Å². The molecule has 20 heavy (non-hydrogen) atoms. The van der Waals surface area contributed by atoms with Crippen LogP contribution in [0.4, 0.5) is 0 Å². The summed E-state index contributed by atoms with van der Waals surface area (Å²) in [5.74, 6) is 0.567. The monoisotopic (exact) mass is 276 g/mol. The summed E-state index contributed by atoms with van der Waals surface area (Å²) in [6.07, 6.45) is 1.57. The molecular formula is C15H25BN2O2. The van der Waals surface area contributed by atoms with Gasteiger partial charge in [-0.05, 0) is 24.4 Å². The third-order valence-corrected chi connectivity index (χ3v) is 3.00. The van der Waals surface area contributed by atoms with Crippen molar-refractivity contribution in [3.05, 3.63) is 35.9 Å². The molecule has 0 aliphatic carbocycles. The molecule has 2 N–H and O–H groups in total. The van der Waals surface area contributed by atoms with Gasteiger partial charge in [0.1, 0.15) is 0 Å². The summed E-state index contributed by atoms with van der Waals surface area (Å²) >= 11 is 0. The number of benzene rings is 1. The Morgan fingerprint density at radius 1 is 1.30 bits per heavy atom. The highest BCUT2D eigenvalue weighted by Crippen LogP contribution is 2.09. The average molecular weight is 276 g/mol. The smallest absolute Gasteiger partial charge is 0.323 e. The predicted octanol–water partition coefficient (Wildman–Crippen LogP) is 0.797. The van der Waals surface area contributed by atoms with Crippen molar-refractivity contribution in [2.45, 2.75) is 32.4 Å².